The molecule has 6 nitrogen and oxygen atoms in total. The monoisotopic (exact) mass is 289 g/mol. The zero-order valence-corrected chi connectivity index (χ0v) is 12.1. The minimum Gasteiger partial charge on any atom is -0.396 e. The fourth-order valence-electron chi connectivity index (χ4n) is 1.79. The van der Waals surface area contributed by atoms with E-state index >= 15 is 0 Å². The number of hydrogen-bond acceptors (Lipinski definition) is 6. The number of rotatable bonds is 5. The van der Waals surface area contributed by atoms with Crippen LogP contribution in [0.5, 0.6) is 0 Å². The van der Waals surface area contributed by atoms with Gasteiger partial charge >= 0.3 is 0 Å². The molecule has 7 heteroatoms. The fourth-order valence-corrected chi connectivity index (χ4v) is 2.87. The molecule has 2 aromatic rings. The molecule has 0 aromatic carbocycles. The molecule has 20 heavy (non-hydrogen) atoms. The SMILES string of the molecule is CCC(=O)c1sc(NCc2cnn(C)c2)c(C#N)c1N. The van der Waals surface area contributed by atoms with Crippen molar-refractivity contribution in [1.82, 2.24) is 9.78 Å². The van der Waals surface area contributed by atoms with Crippen molar-refractivity contribution in [2.45, 2.75) is 19.9 Å². The van der Waals surface area contributed by atoms with Crippen LogP contribution in [-0.2, 0) is 13.6 Å². The van der Waals surface area contributed by atoms with Gasteiger partial charge in [-0.1, -0.05) is 6.92 Å². The quantitative estimate of drug-likeness (QED) is 0.822. The second-order valence-corrected chi connectivity index (χ2v) is 5.33. The Labute approximate surface area is 120 Å². The molecular formula is C13H15N5OS. The van der Waals surface area contributed by atoms with Gasteiger partial charge in [0.15, 0.2) is 5.78 Å². The first-order valence-electron chi connectivity index (χ1n) is 6.13. The number of nitriles is 1. The first-order chi connectivity index (χ1) is 9.56. The predicted molar refractivity (Wildman–Crippen MR) is 78.6 cm³/mol. The number of carbonyl (C=O) groups is 1. The topological polar surface area (TPSA) is 96.7 Å². The molecule has 2 aromatic heterocycles. The van der Waals surface area contributed by atoms with Gasteiger partial charge in [0.25, 0.3) is 0 Å². The van der Waals surface area contributed by atoms with Gasteiger partial charge in [0.1, 0.15) is 16.6 Å². The fraction of sp³-hybridized carbons (Fsp3) is 0.308. The van der Waals surface area contributed by atoms with E-state index in [9.17, 15) is 10.1 Å². The molecule has 0 saturated carbocycles. The van der Waals surface area contributed by atoms with E-state index in [0.717, 1.165) is 5.56 Å². The van der Waals surface area contributed by atoms with Gasteiger partial charge in [0.05, 0.1) is 16.8 Å². The first kappa shape index (κ1) is 14.1. The lowest BCUT2D eigenvalue weighted by Gasteiger charge is -2.01. The highest BCUT2D eigenvalue weighted by atomic mass is 32.1. The number of ketones is 1. The van der Waals surface area contributed by atoms with Gasteiger partial charge in [0, 0.05) is 31.8 Å². The van der Waals surface area contributed by atoms with Crippen LogP contribution in [0.4, 0.5) is 10.7 Å². The van der Waals surface area contributed by atoms with E-state index < -0.39 is 0 Å². The number of hydrogen-bond donors (Lipinski definition) is 2. The number of nitrogen functional groups attached to an aromatic ring is 1. The van der Waals surface area contributed by atoms with Crippen molar-refractivity contribution in [2.24, 2.45) is 7.05 Å². The van der Waals surface area contributed by atoms with Crippen molar-refractivity contribution in [2.75, 3.05) is 11.1 Å². The lowest BCUT2D eigenvalue weighted by Crippen LogP contribution is -1.99. The third-order valence-corrected chi connectivity index (χ3v) is 4.05. The lowest BCUT2D eigenvalue weighted by molar-refractivity contribution is 0.0993. The minimum atomic E-state index is -0.0431. The molecular weight excluding hydrogens is 274 g/mol. The van der Waals surface area contributed by atoms with Crippen LogP contribution in [0.2, 0.25) is 0 Å². The molecule has 0 spiro atoms. The number of carbonyl (C=O) groups excluding carboxylic acids is 1. The third-order valence-electron chi connectivity index (χ3n) is 2.84. The molecule has 0 saturated heterocycles. The molecule has 0 fully saturated rings. The highest BCUT2D eigenvalue weighted by molar-refractivity contribution is 7.19. The largest absolute Gasteiger partial charge is 0.396 e. The summed E-state index contributed by atoms with van der Waals surface area (Å²) in [6.07, 6.45) is 4.00. The summed E-state index contributed by atoms with van der Waals surface area (Å²) in [6, 6.07) is 2.05. The summed E-state index contributed by atoms with van der Waals surface area (Å²) in [6.45, 7) is 2.30. The van der Waals surface area contributed by atoms with E-state index in [2.05, 4.69) is 16.5 Å². The van der Waals surface area contributed by atoms with E-state index in [1.54, 1.807) is 17.8 Å². The molecule has 2 heterocycles. The van der Waals surface area contributed by atoms with Gasteiger partial charge in [-0.05, 0) is 0 Å². The van der Waals surface area contributed by atoms with Crippen molar-refractivity contribution >= 4 is 27.8 Å². The van der Waals surface area contributed by atoms with Crippen LogP contribution in [0.15, 0.2) is 12.4 Å². The van der Waals surface area contributed by atoms with Crippen molar-refractivity contribution in [3.05, 3.63) is 28.4 Å². The smallest absolute Gasteiger partial charge is 0.174 e. The summed E-state index contributed by atoms with van der Waals surface area (Å²) in [5.74, 6) is -0.0431. The Kier molecular flexibility index (Phi) is 4.05. The summed E-state index contributed by atoms with van der Waals surface area (Å²) in [7, 11) is 1.84. The van der Waals surface area contributed by atoms with E-state index in [-0.39, 0.29) is 11.5 Å². The van der Waals surface area contributed by atoms with Crippen LogP contribution in [0.3, 0.4) is 0 Å². The highest BCUT2D eigenvalue weighted by Crippen LogP contribution is 2.36. The van der Waals surface area contributed by atoms with Crippen molar-refractivity contribution < 1.29 is 4.79 Å². The second kappa shape index (κ2) is 5.75. The van der Waals surface area contributed by atoms with E-state index in [1.165, 1.54) is 11.3 Å². The highest BCUT2D eigenvalue weighted by Gasteiger charge is 2.19. The Morgan fingerprint density at radius 3 is 2.95 bits per heavy atom. The van der Waals surface area contributed by atoms with Crippen LogP contribution in [0.25, 0.3) is 0 Å². The summed E-state index contributed by atoms with van der Waals surface area (Å²) >= 11 is 1.23. The molecule has 0 unspecified atom stereocenters. The molecule has 104 valence electrons. The second-order valence-electron chi connectivity index (χ2n) is 4.31. The zero-order valence-electron chi connectivity index (χ0n) is 11.3. The van der Waals surface area contributed by atoms with Crippen LogP contribution < -0.4 is 11.1 Å². The molecule has 0 radical (unpaired) electrons. The predicted octanol–water partition coefficient (Wildman–Crippen LogP) is 2.14. The Morgan fingerprint density at radius 1 is 1.65 bits per heavy atom. The van der Waals surface area contributed by atoms with Crippen molar-refractivity contribution in [1.29, 1.82) is 5.26 Å². The number of thiophene rings is 1. The number of aromatic nitrogens is 2. The lowest BCUT2D eigenvalue weighted by atomic mass is 10.2. The molecule has 0 amide bonds. The average Bonchev–Trinajstić information content (AvgIpc) is 2.99. The summed E-state index contributed by atoms with van der Waals surface area (Å²) < 4.78 is 1.71. The molecule has 3 N–H and O–H groups in total. The van der Waals surface area contributed by atoms with Gasteiger partial charge in [-0.15, -0.1) is 11.3 Å². The maximum Gasteiger partial charge on any atom is 0.174 e. The Hall–Kier alpha value is -2.33. The van der Waals surface area contributed by atoms with Gasteiger partial charge < -0.3 is 11.1 Å². The molecule has 0 atom stereocenters. The molecule has 2 rings (SSSR count). The molecule has 0 aliphatic carbocycles. The van der Waals surface area contributed by atoms with E-state index in [4.69, 9.17) is 5.73 Å². The van der Waals surface area contributed by atoms with E-state index in [1.807, 2.05) is 13.2 Å². The number of nitrogens with one attached hydrogen (secondary N) is 1. The number of anilines is 2. The molecule has 0 bridgehead atoms. The normalized spacial score (nSPS) is 10.2. The van der Waals surface area contributed by atoms with Gasteiger partial charge in [-0.2, -0.15) is 10.4 Å². The Bertz CT molecular complexity index is 679. The van der Waals surface area contributed by atoms with Crippen LogP contribution in [-0.4, -0.2) is 15.6 Å². The van der Waals surface area contributed by atoms with Crippen LogP contribution in [0.1, 0.15) is 34.1 Å². The number of aryl methyl sites for hydroxylation is 1. The average molecular weight is 289 g/mol. The Balaban J connectivity index is 2.23. The Morgan fingerprint density at radius 2 is 2.40 bits per heavy atom. The van der Waals surface area contributed by atoms with Gasteiger partial charge in [-0.3, -0.25) is 9.48 Å². The number of nitrogens with zero attached hydrogens (tertiary/aromatic N) is 3. The molecule has 0 aliphatic heterocycles. The standard InChI is InChI=1S/C13H15N5OS/c1-3-10(19)12-11(15)9(4-14)13(20-12)16-5-8-6-17-18(2)7-8/h6-7,16H,3,5,15H2,1-2H3. The summed E-state index contributed by atoms with van der Waals surface area (Å²) in [4.78, 5) is 12.2. The summed E-state index contributed by atoms with van der Waals surface area (Å²) in [5.41, 5.74) is 7.49. The first-order valence-corrected chi connectivity index (χ1v) is 6.95. The van der Waals surface area contributed by atoms with Crippen LogP contribution >= 0.6 is 11.3 Å². The maximum absolute atomic E-state index is 11.8. The zero-order chi connectivity index (χ0) is 14.7. The minimum absolute atomic E-state index is 0.0431. The van der Waals surface area contributed by atoms with Crippen LogP contribution in [0, 0.1) is 11.3 Å². The van der Waals surface area contributed by atoms with Gasteiger partial charge in [0.2, 0.25) is 0 Å². The third kappa shape index (κ3) is 2.65. The van der Waals surface area contributed by atoms with Gasteiger partial charge in [-0.25, -0.2) is 0 Å². The summed E-state index contributed by atoms with van der Waals surface area (Å²) in [5, 5.41) is 17.0. The maximum atomic E-state index is 11.8. The van der Waals surface area contributed by atoms with E-state index in [0.29, 0.717) is 28.4 Å². The van der Waals surface area contributed by atoms with Crippen molar-refractivity contribution in [3.8, 4) is 6.07 Å². The van der Waals surface area contributed by atoms with Crippen molar-refractivity contribution in [3.63, 3.8) is 0 Å². The number of Topliss-reactive ketones (excluding diaryl/α,β-unsaturated/α-hetero) is 1. The molecule has 0 aliphatic rings. The number of nitrogens with two attached hydrogens (primary N) is 1.